The van der Waals surface area contributed by atoms with Crippen molar-refractivity contribution in [2.24, 2.45) is 4.99 Å². The van der Waals surface area contributed by atoms with Crippen LogP contribution in [0.1, 0.15) is 36.5 Å². The van der Waals surface area contributed by atoms with Gasteiger partial charge in [0.15, 0.2) is 5.76 Å². The van der Waals surface area contributed by atoms with Crippen LogP contribution in [0.25, 0.3) is 18.2 Å². The van der Waals surface area contributed by atoms with Gasteiger partial charge >= 0.3 is 0 Å². The van der Waals surface area contributed by atoms with Crippen LogP contribution in [0.2, 0.25) is 0 Å². The highest BCUT2D eigenvalue weighted by Gasteiger charge is 2.12. The molecule has 84 valence electrons. The van der Waals surface area contributed by atoms with E-state index in [1.54, 1.807) is 19.3 Å². The third kappa shape index (κ3) is 2.40. The number of allylic oxidation sites excluding steroid dienone is 2. The lowest BCUT2D eigenvalue weighted by Gasteiger charge is -1.92. The monoisotopic (exact) mass is 215 g/mol. The fraction of sp³-hybridized carbons (Fsp3) is 0.214. The quantitative estimate of drug-likeness (QED) is 0.696. The molecule has 0 unspecified atom stereocenters. The topological polar surface area (TPSA) is 25.5 Å². The molecule has 0 atom stereocenters. The summed E-state index contributed by atoms with van der Waals surface area (Å²) in [4.78, 5) is 3.97. The van der Waals surface area contributed by atoms with Crippen LogP contribution < -0.4 is 0 Å². The number of hydrogen-bond acceptors (Lipinski definition) is 2. The summed E-state index contributed by atoms with van der Waals surface area (Å²) in [5.74, 6) is 1.59. The Balaban J connectivity index is 3.44. The maximum atomic E-state index is 5.71. The maximum absolute atomic E-state index is 5.71. The number of furan rings is 1. The zero-order valence-corrected chi connectivity index (χ0v) is 10.0. The summed E-state index contributed by atoms with van der Waals surface area (Å²) in [6.07, 6.45) is 11.4. The maximum Gasteiger partial charge on any atom is 0.153 e. The van der Waals surface area contributed by atoms with Crippen molar-refractivity contribution in [1.29, 1.82) is 0 Å². The fourth-order valence-corrected chi connectivity index (χ4v) is 1.53. The van der Waals surface area contributed by atoms with Crippen molar-refractivity contribution in [3.05, 3.63) is 41.4 Å². The molecular weight excluding hydrogens is 198 g/mol. The molecule has 0 radical (unpaired) electrons. The molecule has 0 aliphatic heterocycles. The Labute approximate surface area is 96.7 Å². The SMILES string of the molecule is C=Cc1c(C=NC)oc(/C=C\C)c1/C=C\C. The van der Waals surface area contributed by atoms with E-state index in [1.807, 2.05) is 38.2 Å². The smallest absolute Gasteiger partial charge is 0.153 e. The molecule has 0 bridgehead atoms. The van der Waals surface area contributed by atoms with Crippen LogP contribution in [0.4, 0.5) is 0 Å². The first-order chi connectivity index (χ1) is 7.78. The second kappa shape index (κ2) is 5.91. The van der Waals surface area contributed by atoms with E-state index >= 15 is 0 Å². The van der Waals surface area contributed by atoms with Crippen molar-refractivity contribution in [3.8, 4) is 0 Å². The molecule has 0 saturated heterocycles. The summed E-state index contributed by atoms with van der Waals surface area (Å²) in [5.41, 5.74) is 2.03. The molecule has 1 rings (SSSR count). The fourth-order valence-electron chi connectivity index (χ4n) is 1.53. The molecule has 0 aromatic carbocycles. The van der Waals surface area contributed by atoms with E-state index in [0.29, 0.717) is 0 Å². The molecule has 0 fully saturated rings. The van der Waals surface area contributed by atoms with Crippen molar-refractivity contribution >= 4 is 24.4 Å². The van der Waals surface area contributed by atoms with Crippen molar-refractivity contribution in [1.82, 2.24) is 0 Å². The van der Waals surface area contributed by atoms with Crippen LogP contribution in [-0.4, -0.2) is 13.3 Å². The van der Waals surface area contributed by atoms with E-state index < -0.39 is 0 Å². The van der Waals surface area contributed by atoms with E-state index in [9.17, 15) is 0 Å². The van der Waals surface area contributed by atoms with E-state index in [2.05, 4.69) is 11.6 Å². The van der Waals surface area contributed by atoms with E-state index in [-0.39, 0.29) is 0 Å². The van der Waals surface area contributed by atoms with Gasteiger partial charge in [-0.15, -0.1) is 0 Å². The van der Waals surface area contributed by atoms with Gasteiger partial charge in [-0.25, -0.2) is 0 Å². The van der Waals surface area contributed by atoms with Gasteiger partial charge in [0.05, 0.1) is 6.21 Å². The molecule has 0 saturated carbocycles. The van der Waals surface area contributed by atoms with Gasteiger partial charge in [0.2, 0.25) is 0 Å². The number of hydrogen-bond donors (Lipinski definition) is 0. The Morgan fingerprint density at radius 2 is 1.75 bits per heavy atom. The average Bonchev–Trinajstić information content (AvgIpc) is 2.58. The molecule has 1 heterocycles. The van der Waals surface area contributed by atoms with Gasteiger partial charge in [-0.2, -0.15) is 0 Å². The van der Waals surface area contributed by atoms with Crippen LogP contribution in [0.15, 0.2) is 28.1 Å². The van der Waals surface area contributed by atoms with Gasteiger partial charge in [-0.3, -0.25) is 4.99 Å². The Morgan fingerprint density at radius 3 is 2.25 bits per heavy atom. The predicted octanol–water partition coefficient (Wildman–Crippen LogP) is 4.04. The summed E-state index contributed by atoms with van der Waals surface area (Å²) in [6, 6.07) is 0. The summed E-state index contributed by atoms with van der Waals surface area (Å²) in [7, 11) is 1.72. The second-order valence-electron chi connectivity index (χ2n) is 3.25. The number of aliphatic imine (C=N–C) groups is 1. The van der Waals surface area contributed by atoms with Gasteiger partial charge in [-0.05, 0) is 19.9 Å². The van der Waals surface area contributed by atoms with E-state index in [1.165, 1.54) is 0 Å². The lowest BCUT2D eigenvalue weighted by molar-refractivity contribution is 0.549. The van der Waals surface area contributed by atoms with Crippen molar-refractivity contribution in [2.75, 3.05) is 7.05 Å². The normalized spacial score (nSPS) is 12.2. The minimum Gasteiger partial charge on any atom is -0.454 e. The molecule has 0 amide bonds. The molecule has 0 aliphatic rings. The van der Waals surface area contributed by atoms with Crippen LogP contribution >= 0.6 is 0 Å². The minimum absolute atomic E-state index is 0.749. The summed E-state index contributed by atoms with van der Waals surface area (Å²) in [6.45, 7) is 7.75. The van der Waals surface area contributed by atoms with Crippen LogP contribution in [0, 0.1) is 0 Å². The first-order valence-corrected chi connectivity index (χ1v) is 5.25. The van der Waals surface area contributed by atoms with Gasteiger partial charge in [0, 0.05) is 18.2 Å². The van der Waals surface area contributed by atoms with Gasteiger partial charge in [0.1, 0.15) is 5.76 Å². The third-order valence-corrected chi connectivity index (χ3v) is 2.14. The highest BCUT2D eigenvalue weighted by Crippen LogP contribution is 2.25. The molecule has 2 nitrogen and oxygen atoms in total. The molecule has 2 heteroatoms. The zero-order chi connectivity index (χ0) is 12.0. The molecule has 0 aliphatic carbocycles. The zero-order valence-electron chi connectivity index (χ0n) is 10.0. The van der Waals surface area contributed by atoms with Crippen LogP contribution in [-0.2, 0) is 0 Å². The highest BCUT2D eigenvalue weighted by atomic mass is 16.3. The summed E-state index contributed by atoms with van der Waals surface area (Å²) >= 11 is 0. The molecular formula is C14H17NO. The molecule has 1 aromatic heterocycles. The van der Waals surface area contributed by atoms with E-state index in [4.69, 9.17) is 4.42 Å². The van der Waals surface area contributed by atoms with Gasteiger partial charge < -0.3 is 4.42 Å². The Kier molecular flexibility index (Phi) is 4.52. The standard InChI is InChI=1S/C14H17NO/c1-5-8-12-11(7-3)14(10-15-4)16-13(12)9-6-2/h5-10H,3H2,1-2,4H3/b8-5-,9-6-,15-10?. The third-order valence-electron chi connectivity index (χ3n) is 2.14. The second-order valence-corrected chi connectivity index (χ2v) is 3.25. The van der Waals surface area contributed by atoms with Crippen molar-refractivity contribution in [2.45, 2.75) is 13.8 Å². The Morgan fingerprint density at radius 1 is 1.06 bits per heavy atom. The largest absolute Gasteiger partial charge is 0.454 e. The summed E-state index contributed by atoms with van der Waals surface area (Å²) in [5, 5.41) is 0. The van der Waals surface area contributed by atoms with Crippen molar-refractivity contribution < 1.29 is 4.42 Å². The Hall–Kier alpha value is -1.83. The molecule has 0 N–H and O–H groups in total. The number of nitrogens with zero attached hydrogens (tertiary/aromatic N) is 1. The first-order valence-electron chi connectivity index (χ1n) is 5.25. The van der Waals surface area contributed by atoms with Crippen molar-refractivity contribution in [3.63, 3.8) is 0 Å². The lowest BCUT2D eigenvalue weighted by atomic mass is 10.1. The van der Waals surface area contributed by atoms with Crippen LogP contribution in [0.3, 0.4) is 0 Å². The Bertz CT molecular complexity index is 448. The van der Waals surface area contributed by atoms with Crippen LogP contribution in [0.5, 0.6) is 0 Å². The highest BCUT2D eigenvalue weighted by molar-refractivity contribution is 5.87. The lowest BCUT2D eigenvalue weighted by Crippen LogP contribution is -1.81. The predicted molar refractivity (Wildman–Crippen MR) is 71.7 cm³/mol. The average molecular weight is 215 g/mol. The van der Waals surface area contributed by atoms with Gasteiger partial charge in [0.25, 0.3) is 0 Å². The van der Waals surface area contributed by atoms with Gasteiger partial charge in [-0.1, -0.05) is 30.9 Å². The first kappa shape index (κ1) is 12.2. The van der Waals surface area contributed by atoms with E-state index in [0.717, 1.165) is 22.6 Å². The molecule has 16 heavy (non-hydrogen) atoms. The minimum atomic E-state index is 0.749. The molecule has 0 spiro atoms. The number of rotatable bonds is 4. The molecule has 1 aromatic rings. The summed E-state index contributed by atoms with van der Waals surface area (Å²) < 4.78 is 5.71.